The van der Waals surface area contributed by atoms with E-state index in [9.17, 15) is 4.79 Å². The number of benzene rings is 1. The Morgan fingerprint density at radius 3 is 2.73 bits per heavy atom. The number of nitrogens with zero attached hydrogens (tertiary/aromatic N) is 5. The normalized spacial score (nSPS) is 16.2. The van der Waals surface area contributed by atoms with E-state index in [-0.39, 0.29) is 11.9 Å². The van der Waals surface area contributed by atoms with Gasteiger partial charge in [-0.2, -0.15) is 5.10 Å². The van der Waals surface area contributed by atoms with Gasteiger partial charge in [-0.1, -0.05) is 24.3 Å². The Balaban J connectivity index is 1.72. The summed E-state index contributed by atoms with van der Waals surface area (Å²) >= 11 is 0. The fraction of sp³-hybridized carbons (Fsp3) is 0.250. The molecule has 1 aromatic carbocycles. The van der Waals surface area contributed by atoms with Crippen molar-refractivity contribution in [3.63, 3.8) is 0 Å². The van der Waals surface area contributed by atoms with E-state index in [4.69, 9.17) is 0 Å². The lowest BCUT2D eigenvalue weighted by atomic mass is 9.95. The van der Waals surface area contributed by atoms with Crippen LogP contribution in [0.3, 0.4) is 0 Å². The number of hydrogen-bond donors (Lipinski definition) is 0. The van der Waals surface area contributed by atoms with Crippen molar-refractivity contribution in [3.8, 4) is 0 Å². The molecular formula is C20H21N5O. The largest absolute Gasteiger partial charge is 0.362 e. The molecule has 0 bridgehead atoms. The zero-order chi connectivity index (χ0) is 18.1. The van der Waals surface area contributed by atoms with E-state index in [1.165, 1.54) is 5.56 Å². The first-order chi connectivity index (χ1) is 12.6. The quantitative estimate of drug-likeness (QED) is 0.731. The molecule has 0 aliphatic carbocycles. The third-order valence-electron chi connectivity index (χ3n) is 4.74. The summed E-state index contributed by atoms with van der Waals surface area (Å²) < 4.78 is 1.92. The van der Waals surface area contributed by atoms with Crippen LogP contribution in [0.4, 0.5) is 5.82 Å². The Morgan fingerprint density at radius 2 is 1.96 bits per heavy atom. The molecule has 0 saturated carbocycles. The second-order valence-corrected chi connectivity index (χ2v) is 6.66. The molecule has 26 heavy (non-hydrogen) atoms. The van der Waals surface area contributed by atoms with Crippen LogP contribution in [0.5, 0.6) is 0 Å². The molecule has 1 unspecified atom stereocenters. The van der Waals surface area contributed by atoms with Crippen molar-refractivity contribution in [1.29, 1.82) is 0 Å². The van der Waals surface area contributed by atoms with Crippen molar-refractivity contribution in [1.82, 2.24) is 19.7 Å². The minimum absolute atomic E-state index is 0.00606. The van der Waals surface area contributed by atoms with Gasteiger partial charge in [-0.3, -0.25) is 9.48 Å². The van der Waals surface area contributed by atoms with Gasteiger partial charge in [-0.25, -0.2) is 4.98 Å². The van der Waals surface area contributed by atoms with Gasteiger partial charge < -0.3 is 9.80 Å². The highest BCUT2D eigenvalue weighted by atomic mass is 16.2. The standard InChI is InChI=1S/C20H21N5O/c1-23(2)19-17(9-5-10-21-19)20(26)24-13-15-7-3-4-8-16(15)18(14-24)25-12-6-11-22-25/h3-12,18H,13-14H2,1-2H3. The smallest absolute Gasteiger partial charge is 0.257 e. The lowest BCUT2D eigenvalue weighted by Gasteiger charge is -2.35. The highest BCUT2D eigenvalue weighted by Crippen LogP contribution is 2.30. The molecule has 2 aromatic heterocycles. The second-order valence-electron chi connectivity index (χ2n) is 6.66. The molecule has 3 heterocycles. The molecule has 4 rings (SSSR count). The third-order valence-corrected chi connectivity index (χ3v) is 4.74. The van der Waals surface area contributed by atoms with Crippen LogP contribution in [0.25, 0.3) is 0 Å². The lowest BCUT2D eigenvalue weighted by molar-refractivity contribution is 0.0706. The van der Waals surface area contributed by atoms with Crippen LogP contribution in [0.1, 0.15) is 27.5 Å². The molecule has 0 N–H and O–H groups in total. The van der Waals surface area contributed by atoms with E-state index in [0.29, 0.717) is 24.5 Å². The molecule has 6 heteroatoms. The SMILES string of the molecule is CN(C)c1ncccc1C(=O)N1Cc2ccccc2C(n2cccn2)C1. The summed E-state index contributed by atoms with van der Waals surface area (Å²) in [6.07, 6.45) is 5.43. The predicted molar refractivity (Wildman–Crippen MR) is 100 cm³/mol. The zero-order valence-electron chi connectivity index (χ0n) is 14.9. The van der Waals surface area contributed by atoms with E-state index in [0.717, 1.165) is 5.56 Å². The van der Waals surface area contributed by atoms with Crippen LogP contribution in [-0.2, 0) is 6.54 Å². The number of aromatic nitrogens is 3. The molecule has 1 aliphatic rings. The van der Waals surface area contributed by atoms with Crippen LogP contribution in [0, 0.1) is 0 Å². The molecule has 1 atom stereocenters. The van der Waals surface area contributed by atoms with Gasteiger partial charge in [0.15, 0.2) is 0 Å². The van der Waals surface area contributed by atoms with E-state index >= 15 is 0 Å². The second kappa shape index (κ2) is 6.63. The molecule has 132 valence electrons. The van der Waals surface area contributed by atoms with E-state index in [2.05, 4.69) is 22.2 Å². The van der Waals surface area contributed by atoms with Crippen LogP contribution in [-0.4, -0.2) is 46.2 Å². The fourth-order valence-corrected chi connectivity index (χ4v) is 3.52. The Hall–Kier alpha value is -3.15. The summed E-state index contributed by atoms with van der Waals surface area (Å²) in [6.45, 7) is 1.17. The van der Waals surface area contributed by atoms with Crippen LogP contribution >= 0.6 is 0 Å². The molecular weight excluding hydrogens is 326 g/mol. The number of rotatable bonds is 3. The molecule has 0 spiro atoms. The third kappa shape index (κ3) is 2.83. The number of fused-ring (bicyclic) bond motifs is 1. The number of pyridine rings is 1. The summed E-state index contributed by atoms with van der Waals surface area (Å²) in [5.41, 5.74) is 3.00. The van der Waals surface area contributed by atoms with Gasteiger partial charge in [0.2, 0.25) is 0 Å². The van der Waals surface area contributed by atoms with Gasteiger partial charge in [0.05, 0.1) is 11.6 Å². The summed E-state index contributed by atoms with van der Waals surface area (Å²) in [6, 6.07) is 13.8. The van der Waals surface area contributed by atoms with Crippen molar-refractivity contribution in [2.24, 2.45) is 0 Å². The van der Waals surface area contributed by atoms with Gasteiger partial charge in [0.1, 0.15) is 5.82 Å². The van der Waals surface area contributed by atoms with E-state index in [1.807, 2.05) is 65.1 Å². The van der Waals surface area contributed by atoms with Gasteiger partial charge in [0, 0.05) is 45.8 Å². The summed E-state index contributed by atoms with van der Waals surface area (Å²) in [4.78, 5) is 21.4. The summed E-state index contributed by atoms with van der Waals surface area (Å²) in [5, 5.41) is 4.41. The number of carbonyl (C=O) groups is 1. The number of anilines is 1. The first-order valence-electron chi connectivity index (χ1n) is 8.63. The number of amides is 1. The van der Waals surface area contributed by atoms with Crippen molar-refractivity contribution in [3.05, 3.63) is 77.7 Å². The van der Waals surface area contributed by atoms with Crippen molar-refractivity contribution >= 4 is 11.7 Å². The average molecular weight is 347 g/mol. The van der Waals surface area contributed by atoms with Crippen molar-refractivity contribution in [2.75, 3.05) is 25.5 Å². The summed E-state index contributed by atoms with van der Waals surface area (Å²) in [5.74, 6) is 0.681. The summed E-state index contributed by atoms with van der Waals surface area (Å²) in [7, 11) is 3.80. The van der Waals surface area contributed by atoms with Gasteiger partial charge >= 0.3 is 0 Å². The van der Waals surface area contributed by atoms with E-state index < -0.39 is 0 Å². The first-order valence-corrected chi connectivity index (χ1v) is 8.63. The maximum absolute atomic E-state index is 13.3. The molecule has 1 aliphatic heterocycles. The molecule has 6 nitrogen and oxygen atoms in total. The molecule has 3 aromatic rings. The zero-order valence-corrected chi connectivity index (χ0v) is 14.9. The number of carbonyl (C=O) groups excluding carboxylic acids is 1. The Labute approximate surface area is 152 Å². The predicted octanol–water partition coefficient (Wildman–Crippen LogP) is 2.59. The first kappa shape index (κ1) is 16.3. The van der Waals surface area contributed by atoms with Crippen LogP contribution < -0.4 is 4.90 Å². The molecule has 0 saturated heterocycles. The lowest BCUT2D eigenvalue weighted by Crippen LogP contribution is -2.41. The topological polar surface area (TPSA) is 54.3 Å². The number of hydrogen-bond acceptors (Lipinski definition) is 4. The monoisotopic (exact) mass is 347 g/mol. The van der Waals surface area contributed by atoms with Gasteiger partial charge in [-0.15, -0.1) is 0 Å². The van der Waals surface area contributed by atoms with Crippen LogP contribution in [0.15, 0.2) is 61.1 Å². The maximum atomic E-state index is 13.3. The van der Waals surface area contributed by atoms with E-state index in [1.54, 1.807) is 12.4 Å². The fourth-order valence-electron chi connectivity index (χ4n) is 3.52. The highest BCUT2D eigenvalue weighted by Gasteiger charge is 2.31. The van der Waals surface area contributed by atoms with Gasteiger partial charge in [-0.05, 0) is 29.3 Å². The Morgan fingerprint density at radius 1 is 1.12 bits per heavy atom. The van der Waals surface area contributed by atoms with Gasteiger partial charge in [0.25, 0.3) is 5.91 Å². The average Bonchev–Trinajstić information content (AvgIpc) is 3.21. The minimum Gasteiger partial charge on any atom is -0.362 e. The Kier molecular flexibility index (Phi) is 4.16. The minimum atomic E-state index is -0.00606. The Bertz CT molecular complexity index is 919. The maximum Gasteiger partial charge on any atom is 0.257 e. The molecule has 1 amide bonds. The molecule has 0 fully saturated rings. The highest BCUT2D eigenvalue weighted by molar-refractivity contribution is 5.99. The molecule has 0 radical (unpaired) electrons. The van der Waals surface area contributed by atoms with Crippen LogP contribution in [0.2, 0.25) is 0 Å². The van der Waals surface area contributed by atoms with Crippen molar-refractivity contribution < 1.29 is 4.79 Å². The van der Waals surface area contributed by atoms with Crippen molar-refractivity contribution in [2.45, 2.75) is 12.6 Å².